The minimum atomic E-state index is -0.561. The van der Waals surface area contributed by atoms with Crippen LogP contribution in [0.3, 0.4) is 0 Å². The fraction of sp³-hybridized carbons (Fsp3) is 0.625. The lowest BCUT2D eigenvalue weighted by Gasteiger charge is -2.24. The van der Waals surface area contributed by atoms with Crippen molar-refractivity contribution in [3.8, 4) is 0 Å². The first-order chi connectivity index (χ1) is 14.3. The van der Waals surface area contributed by atoms with Crippen molar-refractivity contribution in [1.29, 1.82) is 0 Å². The minimum absolute atomic E-state index is 0.0552. The van der Waals surface area contributed by atoms with Crippen LogP contribution in [0.4, 0.5) is 16.2 Å². The first-order valence-electron chi connectivity index (χ1n) is 10.9. The van der Waals surface area contributed by atoms with Gasteiger partial charge >= 0.3 is 12.1 Å². The second-order valence-electron chi connectivity index (χ2n) is 9.64. The predicted octanol–water partition coefficient (Wildman–Crippen LogP) is 5.68. The largest absolute Gasteiger partial charge is 0.460 e. The second kappa shape index (κ2) is 11.7. The summed E-state index contributed by atoms with van der Waals surface area (Å²) < 4.78 is 10.6. The molecular formula is C24H38N2O5. The van der Waals surface area contributed by atoms with Gasteiger partial charge in [0.15, 0.2) is 0 Å². The van der Waals surface area contributed by atoms with E-state index in [1.54, 1.807) is 31.3 Å². The van der Waals surface area contributed by atoms with E-state index in [9.17, 15) is 14.4 Å². The minimum Gasteiger partial charge on any atom is -0.460 e. The maximum absolute atomic E-state index is 12.1. The quantitative estimate of drug-likeness (QED) is 0.399. The summed E-state index contributed by atoms with van der Waals surface area (Å²) in [6.45, 7) is 11.0. The molecule has 1 aromatic rings. The van der Waals surface area contributed by atoms with Crippen LogP contribution in [0.15, 0.2) is 24.3 Å². The number of carbonyl (C=O) groups excluding carboxylic acids is 3. The summed E-state index contributed by atoms with van der Waals surface area (Å²) in [5.74, 6) is -0.230. The van der Waals surface area contributed by atoms with Gasteiger partial charge in [0.1, 0.15) is 11.2 Å². The Morgan fingerprint density at radius 2 is 1.32 bits per heavy atom. The standard InChI is InChI=1S/C24H38N2O5/c1-23(2,3)30-21(28)13-11-9-8-10-12-20(27)25-18-14-16-19(17-15-18)26(7)22(29)31-24(4,5)6/h14-17H,8-13H2,1-7H3,(H,25,27). The van der Waals surface area contributed by atoms with Crippen LogP contribution in [-0.4, -0.2) is 36.2 Å². The molecule has 174 valence electrons. The van der Waals surface area contributed by atoms with Crippen LogP contribution in [0.5, 0.6) is 0 Å². The summed E-state index contributed by atoms with van der Waals surface area (Å²) in [5, 5.41) is 2.86. The lowest BCUT2D eigenvalue weighted by molar-refractivity contribution is -0.154. The van der Waals surface area contributed by atoms with Gasteiger partial charge < -0.3 is 14.8 Å². The zero-order valence-electron chi connectivity index (χ0n) is 20.0. The van der Waals surface area contributed by atoms with Crippen LogP contribution in [0.2, 0.25) is 0 Å². The van der Waals surface area contributed by atoms with E-state index in [0.717, 1.165) is 25.7 Å². The molecule has 31 heavy (non-hydrogen) atoms. The van der Waals surface area contributed by atoms with Crippen LogP contribution in [0.1, 0.15) is 80.1 Å². The van der Waals surface area contributed by atoms with E-state index in [0.29, 0.717) is 24.2 Å². The molecule has 0 fully saturated rings. The second-order valence-corrected chi connectivity index (χ2v) is 9.64. The summed E-state index contributed by atoms with van der Waals surface area (Å²) >= 11 is 0. The van der Waals surface area contributed by atoms with E-state index in [4.69, 9.17) is 9.47 Å². The van der Waals surface area contributed by atoms with Crippen molar-refractivity contribution in [2.75, 3.05) is 17.3 Å². The molecule has 0 spiro atoms. The van der Waals surface area contributed by atoms with Crippen LogP contribution in [-0.2, 0) is 19.1 Å². The third-order valence-corrected chi connectivity index (χ3v) is 4.16. The van der Waals surface area contributed by atoms with E-state index in [-0.39, 0.29) is 11.9 Å². The van der Waals surface area contributed by atoms with E-state index in [2.05, 4.69) is 5.32 Å². The fourth-order valence-electron chi connectivity index (χ4n) is 2.73. The molecule has 0 aromatic heterocycles. The molecule has 2 amide bonds. The molecule has 0 saturated carbocycles. The van der Waals surface area contributed by atoms with Crippen molar-refractivity contribution in [3.05, 3.63) is 24.3 Å². The Kier molecular flexibility index (Phi) is 10.0. The molecule has 0 heterocycles. The molecule has 0 unspecified atom stereocenters. The maximum atomic E-state index is 12.1. The van der Waals surface area contributed by atoms with E-state index < -0.39 is 17.3 Å². The molecule has 0 atom stereocenters. The van der Waals surface area contributed by atoms with Gasteiger partial charge in [0.25, 0.3) is 0 Å². The van der Waals surface area contributed by atoms with Gasteiger partial charge in [-0.1, -0.05) is 12.8 Å². The number of esters is 1. The number of anilines is 2. The number of nitrogens with one attached hydrogen (secondary N) is 1. The highest BCUT2D eigenvalue weighted by Gasteiger charge is 2.20. The van der Waals surface area contributed by atoms with Crippen molar-refractivity contribution in [2.24, 2.45) is 0 Å². The molecule has 0 saturated heterocycles. The molecule has 0 aliphatic carbocycles. The molecule has 0 bridgehead atoms. The zero-order valence-corrected chi connectivity index (χ0v) is 20.0. The lowest BCUT2D eigenvalue weighted by atomic mass is 10.1. The zero-order chi connectivity index (χ0) is 23.7. The van der Waals surface area contributed by atoms with Gasteiger partial charge in [0.2, 0.25) is 5.91 Å². The summed E-state index contributed by atoms with van der Waals surface area (Å²) in [6.07, 6.45) is 3.70. The maximum Gasteiger partial charge on any atom is 0.414 e. The average Bonchev–Trinajstić information content (AvgIpc) is 2.61. The smallest absolute Gasteiger partial charge is 0.414 e. The third-order valence-electron chi connectivity index (χ3n) is 4.16. The number of rotatable bonds is 9. The van der Waals surface area contributed by atoms with Gasteiger partial charge in [-0.3, -0.25) is 14.5 Å². The third kappa shape index (κ3) is 12.0. The highest BCUT2D eigenvalue weighted by atomic mass is 16.6. The number of nitrogens with zero attached hydrogens (tertiary/aromatic N) is 1. The number of hydrogen-bond donors (Lipinski definition) is 1. The first kappa shape index (κ1) is 26.5. The topological polar surface area (TPSA) is 84.9 Å². The van der Waals surface area contributed by atoms with Crippen molar-refractivity contribution in [3.63, 3.8) is 0 Å². The highest BCUT2D eigenvalue weighted by Crippen LogP contribution is 2.20. The van der Waals surface area contributed by atoms with Gasteiger partial charge in [-0.15, -0.1) is 0 Å². The van der Waals surface area contributed by atoms with Crippen LogP contribution in [0, 0.1) is 0 Å². The Morgan fingerprint density at radius 3 is 1.84 bits per heavy atom. The van der Waals surface area contributed by atoms with E-state index in [1.165, 1.54) is 4.90 Å². The fourth-order valence-corrected chi connectivity index (χ4v) is 2.73. The molecule has 0 radical (unpaired) electrons. The molecule has 1 N–H and O–H groups in total. The molecule has 1 rings (SSSR count). The van der Waals surface area contributed by atoms with E-state index >= 15 is 0 Å². The molecule has 0 aliphatic heterocycles. The van der Waals surface area contributed by atoms with Gasteiger partial charge in [-0.2, -0.15) is 0 Å². The lowest BCUT2D eigenvalue weighted by Crippen LogP contribution is -2.34. The number of ether oxygens (including phenoxy) is 2. The van der Waals surface area contributed by atoms with Crippen LogP contribution in [0.25, 0.3) is 0 Å². The number of carbonyl (C=O) groups is 3. The van der Waals surface area contributed by atoms with Gasteiger partial charge in [0.05, 0.1) is 0 Å². The average molecular weight is 435 g/mol. The monoisotopic (exact) mass is 434 g/mol. The van der Waals surface area contributed by atoms with Crippen molar-refractivity contribution in [1.82, 2.24) is 0 Å². The molecule has 0 aliphatic rings. The molecule has 1 aromatic carbocycles. The number of amides is 2. The summed E-state index contributed by atoms with van der Waals surface area (Å²) in [6, 6.07) is 7.04. The van der Waals surface area contributed by atoms with Gasteiger partial charge in [-0.25, -0.2) is 4.79 Å². The summed E-state index contributed by atoms with van der Waals surface area (Å²) in [4.78, 5) is 37.3. The Hall–Kier alpha value is -2.57. The Balaban J connectivity index is 2.30. The van der Waals surface area contributed by atoms with Crippen LogP contribution < -0.4 is 10.2 Å². The molecular weight excluding hydrogens is 396 g/mol. The predicted molar refractivity (Wildman–Crippen MR) is 123 cm³/mol. The van der Waals surface area contributed by atoms with Crippen molar-refractivity contribution in [2.45, 2.75) is 91.3 Å². The Morgan fingerprint density at radius 1 is 0.806 bits per heavy atom. The molecule has 7 nitrogen and oxygen atoms in total. The summed E-state index contributed by atoms with van der Waals surface area (Å²) in [7, 11) is 1.64. The highest BCUT2D eigenvalue weighted by molar-refractivity contribution is 5.91. The van der Waals surface area contributed by atoms with Gasteiger partial charge in [-0.05, 0) is 78.6 Å². The van der Waals surface area contributed by atoms with Crippen molar-refractivity contribution >= 4 is 29.3 Å². The summed E-state index contributed by atoms with van der Waals surface area (Å²) in [5.41, 5.74) is 0.349. The number of unbranched alkanes of at least 4 members (excludes halogenated alkanes) is 3. The number of hydrogen-bond acceptors (Lipinski definition) is 5. The number of benzene rings is 1. The normalized spacial score (nSPS) is 11.6. The van der Waals surface area contributed by atoms with Crippen molar-refractivity contribution < 1.29 is 23.9 Å². The molecule has 7 heteroatoms. The SMILES string of the molecule is CN(C(=O)OC(C)(C)C)c1ccc(NC(=O)CCCCCCC(=O)OC(C)(C)C)cc1. The van der Waals surface area contributed by atoms with Gasteiger partial charge in [0, 0.05) is 31.3 Å². The Labute approximate surface area is 186 Å². The Bertz CT molecular complexity index is 730. The first-order valence-corrected chi connectivity index (χ1v) is 10.9. The van der Waals surface area contributed by atoms with Crippen LogP contribution >= 0.6 is 0 Å². The van der Waals surface area contributed by atoms with E-state index in [1.807, 2.05) is 41.5 Å².